The van der Waals surface area contributed by atoms with Gasteiger partial charge in [-0.15, -0.1) is 11.8 Å². The van der Waals surface area contributed by atoms with Crippen molar-refractivity contribution < 1.29 is 9.84 Å². The van der Waals surface area contributed by atoms with Crippen LogP contribution in [0.1, 0.15) is 32.6 Å². The van der Waals surface area contributed by atoms with Gasteiger partial charge in [-0.2, -0.15) is 0 Å². The van der Waals surface area contributed by atoms with E-state index in [-0.39, 0.29) is 12.2 Å². The van der Waals surface area contributed by atoms with Gasteiger partial charge in [0.2, 0.25) is 0 Å². The predicted molar refractivity (Wildman–Crippen MR) is 52.2 cm³/mol. The van der Waals surface area contributed by atoms with E-state index >= 15 is 0 Å². The second-order valence-corrected chi connectivity index (χ2v) is 3.57. The number of hydrogen-bond acceptors (Lipinski definition) is 2. The molecule has 0 bridgehead atoms. The molecule has 1 rings (SSSR count). The van der Waals surface area contributed by atoms with Crippen LogP contribution in [-0.4, -0.2) is 24.4 Å². The minimum absolute atomic E-state index is 0.0404. The Bertz CT molecular complexity index is 198. The highest BCUT2D eigenvalue weighted by Gasteiger charge is 2.35. The Hall–Kier alpha value is -0.520. The van der Waals surface area contributed by atoms with Gasteiger partial charge in [0.1, 0.15) is 0 Å². The van der Waals surface area contributed by atoms with Crippen molar-refractivity contribution in [2.45, 2.75) is 44.8 Å². The van der Waals surface area contributed by atoms with Gasteiger partial charge in [0, 0.05) is 13.5 Å². The monoisotopic (exact) mass is 182 g/mol. The highest BCUT2D eigenvalue weighted by atomic mass is 16.5. The second kappa shape index (κ2) is 5.26. The van der Waals surface area contributed by atoms with E-state index in [0.29, 0.717) is 5.92 Å². The van der Waals surface area contributed by atoms with Gasteiger partial charge < -0.3 is 9.84 Å². The van der Waals surface area contributed by atoms with Crippen LogP contribution >= 0.6 is 0 Å². The van der Waals surface area contributed by atoms with Crippen LogP contribution in [0.25, 0.3) is 0 Å². The Morgan fingerprint density at radius 2 is 2.23 bits per heavy atom. The third-order valence-corrected chi connectivity index (χ3v) is 2.48. The summed E-state index contributed by atoms with van der Waals surface area (Å²) in [5, 5.41) is 9.75. The Morgan fingerprint density at radius 1 is 1.54 bits per heavy atom. The zero-order chi connectivity index (χ0) is 9.68. The first kappa shape index (κ1) is 10.6. The van der Waals surface area contributed by atoms with Gasteiger partial charge in [-0.25, -0.2) is 0 Å². The normalized spacial score (nSPS) is 20.2. The van der Waals surface area contributed by atoms with Crippen LogP contribution in [0.5, 0.6) is 0 Å². The van der Waals surface area contributed by atoms with Crippen molar-refractivity contribution in [3.05, 3.63) is 0 Å². The molecule has 0 aromatic rings. The molecule has 0 amide bonds. The van der Waals surface area contributed by atoms with E-state index in [0.717, 1.165) is 12.8 Å². The van der Waals surface area contributed by atoms with Crippen molar-refractivity contribution in [1.82, 2.24) is 0 Å². The van der Waals surface area contributed by atoms with Gasteiger partial charge in [0.05, 0.1) is 12.2 Å². The second-order valence-electron chi connectivity index (χ2n) is 3.57. The zero-order valence-corrected chi connectivity index (χ0v) is 8.42. The fraction of sp³-hybridized carbons (Fsp3) is 0.818. The van der Waals surface area contributed by atoms with Crippen LogP contribution in [0.4, 0.5) is 0 Å². The summed E-state index contributed by atoms with van der Waals surface area (Å²) in [5.41, 5.74) is 0. The van der Waals surface area contributed by atoms with E-state index in [1.807, 2.05) is 6.92 Å². The molecule has 74 valence electrons. The minimum atomic E-state index is -0.335. The SMILES string of the molecule is CC#CCCC(O)C(OC)C1CC1. The lowest BCUT2D eigenvalue weighted by molar-refractivity contribution is -0.0271. The van der Waals surface area contributed by atoms with Crippen molar-refractivity contribution in [2.75, 3.05) is 7.11 Å². The fourth-order valence-corrected chi connectivity index (χ4v) is 1.60. The standard InChI is InChI=1S/C11H18O2/c1-3-4-5-6-10(12)11(13-2)9-7-8-9/h9-12H,5-8H2,1-2H3. The number of aliphatic hydroxyl groups is 1. The van der Waals surface area contributed by atoms with Gasteiger partial charge >= 0.3 is 0 Å². The Kier molecular flexibility index (Phi) is 4.27. The van der Waals surface area contributed by atoms with E-state index in [1.165, 1.54) is 12.8 Å². The first-order valence-electron chi connectivity index (χ1n) is 4.90. The van der Waals surface area contributed by atoms with Crippen LogP contribution in [0.15, 0.2) is 0 Å². The highest BCUT2D eigenvalue weighted by Crippen LogP contribution is 2.36. The third kappa shape index (κ3) is 3.38. The summed E-state index contributed by atoms with van der Waals surface area (Å²) in [6.45, 7) is 1.82. The molecule has 0 heterocycles. The van der Waals surface area contributed by atoms with E-state index in [4.69, 9.17) is 4.74 Å². The molecule has 2 heteroatoms. The molecule has 1 saturated carbocycles. The average Bonchev–Trinajstić information content (AvgIpc) is 2.90. The topological polar surface area (TPSA) is 29.5 Å². The maximum atomic E-state index is 9.75. The van der Waals surface area contributed by atoms with Crippen molar-refractivity contribution in [3.63, 3.8) is 0 Å². The van der Waals surface area contributed by atoms with E-state index in [1.54, 1.807) is 7.11 Å². The average molecular weight is 182 g/mol. The van der Waals surface area contributed by atoms with Crippen LogP contribution in [0.3, 0.4) is 0 Å². The molecule has 1 fully saturated rings. The first-order valence-corrected chi connectivity index (χ1v) is 4.90. The summed E-state index contributed by atoms with van der Waals surface area (Å²) in [6, 6.07) is 0. The first-order chi connectivity index (χ1) is 6.29. The molecule has 1 N–H and O–H groups in total. The predicted octanol–water partition coefficient (Wildman–Crippen LogP) is 1.58. The molecule has 0 saturated heterocycles. The van der Waals surface area contributed by atoms with Crippen molar-refractivity contribution in [3.8, 4) is 11.8 Å². The molecule has 0 aromatic heterocycles. The van der Waals surface area contributed by atoms with E-state index in [2.05, 4.69) is 11.8 Å². The summed E-state index contributed by atoms with van der Waals surface area (Å²) in [7, 11) is 1.68. The molecule has 1 aliphatic rings. The molecule has 2 atom stereocenters. The minimum Gasteiger partial charge on any atom is -0.390 e. The fourth-order valence-electron chi connectivity index (χ4n) is 1.60. The number of ether oxygens (including phenoxy) is 1. The lowest BCUT2D eigenvalue weighted by Gasteiger charge is -2.20. The van der Waals surface area contributed by atoms with Crippen molar-refractivity contribution in [1.29, 1.82) is 0 Å². The maximum absolute atomic E-state index is 9.75. The summed E-state index contributed by atoms with van der Waals surface area (Å²) in [6.07, 6.45) is 3.61. The summed E-state index contributed by atoms with van der Waals surface area (Å²) < 4.78 is 5.27. The van der Waals surface area contributed by atoms with Gasteiger partial charge in [0.25, 0.3) is 0 Å². The Morgan fingerprint density at radius 3 is 2.69 bits per heavy atom. The van der Waals surface area contributed by atoms with Gasteiger partial charge in [-0.1, -0.05) is 0 Å². The third-order valence-electron chi connectivity index (χ3n) is 2.48. The van der Waals surface area contributed by atoms with Crippen LogP contribution in [0.2, 0.25) is 0 Å². The van der Waals surface area contributed by atoms with Gasteiger partial charge in [0.15, 0.2) is 0 Å². The highest BCUT2D eigenvalue weighted by molar-refractivity contribution is 4.96. The molecule has 0 aliphatic heterocycles. The number of aliphatic hydroxyl groups excluding tert-OH is 1. The largest absolute Gasteiger partial charge is 0.390 e. The molecular formula is C11H18O2. The smallest absolute Gasteiger partial charge is 0.0858 e. The zero-order valence-electron chi connectivity index (χ0n) is 8.42. The summed E-state index contributed by atoms with van der Waals surface area (Å²) >= 11 is 0. The van der Waals surface area contributed by atoms with E-state index in [9.17, 15) is 5.11 Å². The molecule has 2 unspecified atom stereocenters. The Balaban J connectivity index is 2.24. The lowest BCUT2D eigenvalue weighted by atomic mass is 10.0. The maximum Gasteiger partial charge on any atom is 0.0858 e. The summed E-state index contributed by atoms with van der Waals surface area (Å²) in [5.74, 6) is 6.37. The van der Waals surface area contributed by atoms with E-state index < -0.39 is 0 Å². The van der Waals surface area contributed by atoms with Gasteiger partial charge in [-0.05, 0) is 32.1 Å². The number of rotatable bonds is 5. The molecule has 2 nitrogen and oxygen atoms in total. The van der Waals surface area contributed by atoms with Crippen LogP contribution < -0.4 is 0 Å². The van der Waals surface area contributed by atoms with Crippen LogP contribution in [-0.2, 0) is 4.74 Å². The molecule has 0 spiro atoms. The van der Waals surface area contributed by atoms with Crippen molar-refractivity contribution in [2.24, 2.45) is 5.92 Å². The number of methoxy groups -OCH3 is 1. The van der Waals surface area contributed by atoms with Crippen molar-refractivity contribution >= 4 is 0 Å². The lowest BCUT2D eigenvalue weighted by Crippen LogP contribution is -2.29. The molecule has 0 aromatic carbocycles. The molecule has 0 radical (unpaired) electrons. The Labute approximate surface area is 80.3 Å². The quantitative estimate of drug-likeness (QED) is 0.654. The summed E-state index contributed by atoms with van der Waals surface area (Å²) in [4.78, 5) is 0. The molecule has 13 heavy (non-hydrogen) atoms. The van der Waals surface area contributed by atoms with Gasteiger partial charge in [-0.3, -0.25) is 0 Å². The molecule has 1 aliphatic carbocycles. The number of hydrogen-bond donors (Lipinski definition) is 1. The van der Waals surface area contributed by atoms with Crippen LogP contribution in [0, 0.1) is 17.8 Å². The molecular weight excluding hydrogens is 164 g/mol.